The summed E-state index contributed by atoms with van der Waals surface area (Å²) in [6.45, 7) is 4.59. The number of carbonyl (C=O) groups is 2. The molecule has 1 aliphatic rings. The molecule has 0 radical (unpaired) electrons. The third-order valence-electron chi connectivity index (χ3n) is 5.94. The number of halogens is 1. The highest BCUT2D eigenvalue weighted by molar-refractivity contribution is 5.92. The van der Waals surface area contributed by atoms with E-state index in [1.807, 2.05) is 32.0 Å². The summed E-state index contributed by atoms with van der Waals surface area (Å²) >= 11 is 0. The maximum Gasteiger partial charge on any atom is 0.246 e. The number of benzene rings is 1. The third kappa shape index (κ3) is 7.85. The minimum Gasteiger partial charge on any atom is -0.354 e. The molecule has 188 valence electrons. The average molecular weight is 483 g/mol. The summed E-state index contributed by atoms with van der Waals surface area (Å²) in [5, 5.41) is 5.98. The van der Waals surface area contributed by atoms with Gasteiger partial charge in [-0.3, -0.25) is 14.6 Å². The molecule has 9 heteroatoms. The molecule has 0 spiro atoms. The molecular formula is C26H35FN6O2. The predicted molar refractivity (Wildman–Crippen MR) is 135 cm³/mol. The van der Waals surface area contributed by atoms with E-state index < -0.39 is 6.04 Å². The Kier molecular flexibility index (Phi) is 8.92. The molecule has 0 saturated heterocycles. The van der Waals surface area contributed by atoms with Crippen LogP contribution in [0.1, 0.15) is 42.6 Å². The van der Waals surface area contributed by atoms with Gasteiger partial charge in [-0.15, -0.1) is 0 Å². The first kappa shape index (κ1) is 26.3. The van der Waals surface area contributed by atoms with Crippen molar-refractivity contribution in [1.82, 2.24) is 25.1 Å². The molecule has 0 unspecified atom stereocenters. The number of carbonyl (C=O) groups excluding carboxylic acids is 2. The van der Waals surface area contributed by atoms with Crippen LogP contribution >= 0.6 is 0 Å². The molecule has 1 aliphatic carbocycles. The minimum absolute atomic E-state index is 0.237. The van der Waals surface area contributed by atoms with Gasteiger partial charge in [0.2, 0.25) is 11.8 Å². The number of nitrogens with zero attached hydrogens (tertiary/aromatic N) is 4. The largest absolute Gasteiger partial charge is 0.354 e. The van der Waals surface area contributed by atoms with Crippen molar-refractivity contribution in [2.45, 2.75) is 45.1 Å². The molecule has 1 aromatic carbocycles. The maximum atomic E-state index is 14.3. The molecule has 0 bridgehead atoms. The van der Waals surface area contributed by atoms with Gasteiger partial charge in [0, 0.05) is 37.8 Å². The Morgan fingerprint density at radius 3 is 2.66 bits per heavy atom. The van der Waals surface area contributed by atoms with E-state index in [2.05, 4.69) is 20.6 Å². The summed E-state index contributed by atoms with van der Waals surface area (Å²) in [6, 6.07) is 4.06. The highest BCUT2D eigenvalue weighted by atomic mass is 19.1. The Bertz CT molecular complexity index is 1080. The predicted octanol–water partition coefficient (Wildman–Crippen LogP) is 3.17. The van der Waals surface area contributed by atoms with Crippen molar-refractivity contribution in [3.63, 3.8) is 0 Å². The van der Waals surface area contributed by atoms with Crippen LogP contribution in [0, 0.1) is 12.7 Å². The Morgan fingerprint density at radius 1 is 1.23 bits per heavy atom. The number of hydrogen-bond acceptors (Lipinski definition) is 6. The van der Waals surface area contributed by atoms with E-state index in [4.69, 9.17) is 0 Å². The SMILES string of the molecule is Cc1ncc(Nc2cc(F)cc(CCNC(=O)[C@H](C)N(C)C(=O)/C=C/CN(C)C)c2)nc1C1CC1. The van der Waals surface area contributed by atoms with Crippen molar-refractivity contribution in [1.29, 1.82) is 0 Å². The molecule has 2 N–H and O–H groups in total. The molecule has 3 rings (SSSR count). The van der Waals surface area contributed by atoms with Crippen molar-refractivity contribution >= 4 is 23.3 Å². The molecule has 2 aromatic rings. The van der Waals surface area contributed by atoms with Gasteiger partial charge in [-0.05, 0) is 71.0 Å². The summed E-state index contributed by atoms with van der Waals surface area (Å²) in [7, 11) is 5.42. The fourth-order valence-electron chi connectivity index (χ4n) is 3.61. The van der Waals surface area contributed by atoms with Gasteiger partial charge in [-0.2, -0.15) is 0 Å². The van der Waals surface area contributed by atoms with Crippen LogP contribution < -0.4 is 10.6 Å². The monoisotopic (exact) mass is 482 g/mol. The van der Waals surface area contributed by atoms with Gasteiger partial charge < -0.3 is 20.4 Å². The van der Waals surface area contributed by atoms with Gasteiger partial charge in [0.1, 0.15) is 17.7 Å². The van der Waals surface area contributed by atoms with E-state index in [0.717, 1.165) is 29.8 Å². The summed E-state index contributed by atoms with van der Waals surface area (Å²) in [6.07, 6.45) is 7.58. The first-order valence-electron chi connectivity index (χ1n) is 11.9. The summed E-state index contributed by atoms with van der Waals surface area (Å²) < 4.78 is 14.3. The lowest BCUT2D eigenvalue weighted by atomic mass is 10.1. The van der Waals surface area contributed by atoms with Crippen LogP contribution in [0.4, 0.5) is 15.9 Å². The number of amides is 2. The van der Waals surface area contributed by atoms with Crippen LogP contribution in [-0.4, -0.2) is 71.9 Å². The smallest absolute Gasteiger partial charge is 0.246 e. The number of aromatic nitrogens is 2. The van der Waals surface area contributed by atoms with Crippen LogP contribution in [0.2, 0.25) is 0 Å². The van der Waals surface area contributed by atoms with Gasteiger partial charge in [-0.1, -0.05) is 6.08 Å². The zero-order chi connectivity index (χ0) is 25.5. The molecule has 8 nitrogen and oxygen atoms in total. The van der Waals surface area contributed by atoms with Crippen LogP contribution in [-0.2, 0) is 16.0 Å². The lowest BCUT2D eigenvalue weighted by Gasteiger charge is -2.23. The van der Waals surface area contributed by atoms with E-state index in [1.54, 1.807) is 26.2 Å². The van der Waals surface area contributed by atoms with E-state index in [-0.39, 0.29) is 17.6 Å². The fraction of sp³-hybridized carbons (Fsp3) is 0.462. The van der Waals surface area contributed by atoms with E-state index in [0.29, 0.717) is 36.9 Å². The zero-order valence-corrected chi connectivity index (χ0v) is 21.1. The third-order valence-corrected chi connectivity index (χ3v) is 5.94. The molecule has 1 heterocycles. The number of nitrogens with one attached hydrogen (secondary N) is 2. The number of rotatable bonds is 11. The highest BCUT2D eigenvalue weighted by Gasteiger charge is 2.27. The minimum atomic E-state index is -0.628. The second-order valence-corrected chi connectivity index (χ2v) is 9.30. The molecule has 1 saturated carbocycles. The van der Waals surface area contributed by atoms with E-state index in [9.17, 15) is 14.0 Å². The van der Waals surface area contributed by atoms with Crippen molar-refractivity contribution in [2.75, 3.05) is 39.5 Å². The molecule has 1 atom stereocenters. The Morgan fingerprint density at radius 2 is 1.97 bits per heavy atom. The average Bonchev–Trinajstić information content (AvgIpc) is 3.64. The molecule has 35 heavy (non-hydrogen) atoms. The second kappa shape index (κ2) is 11.9. The van der Waals surface area contributed by atoms with Crippen LogP contribution in [0.25, 0.3) is 0 Å². The highest BCUT2D eigenvalue weighted by Crippen LogP contribution is 2.40. The van der Waals surface area contributed by atoms with E-state index >= 15 is 0 Å². The topological polar surface area (TPSA) is 90.5 Å². The van der Waals surface area contributed by atoms with Gasteiger partial charge in [0.25, 0.3) is 0 Å². The molecule has 2 amide bonds. The number of hydrogen-bond donors (Lipinski definition) is 2. The van der Waals surface area contributed by atoms with Gasteiger partial charge in [0.15, 0.2) is 0 Å². The Labute approximate surface area is 206 Å². The first-order chi connectivity index (χ1) is 16.6. The van der Waals surface area contributed by atoms with Crippen molar-refractivity contribution in [2.24, 2.45) is 0 Å². The zero-order valence-electron chi connectivity index (χ0n) is 21.1. The molecular weight excluding hydrogens is 447 g/mol. The van der Waals surface area contributed by atoms with Gasteiger partial charge >= 0.3 is 0 Å². The summed E-state index contributed by atoms with van der Waals surface area (Å²) in [4.78, 5) is 37.2. The van der Waals surface area contributed by atoms with Crippen molar-refractivity contribution in [3.05, 3.63) is 59.3 Å². The molecule has 1 aromatic heterocycles. The first-order valence-corrected chi connectivity index (χ1v) is 11.9. The van der Waals surface area contributed by atoms with Crippen LogP contribution in [0.3, 0.4) is 0 Å². The lowest BCUT2D eigenvalue weighted by molar-refractivity contribution is -0.135. The number of likely N-dealkylation sites (N-methyl/N-ethyl adjacent to an activating group) is 2. The number of anilines is 2. The Hall–Kier alpha value is -3.33. The van der Waals surface area contributed by atoms with Crippen molar-refractivity contribution in [3.8, 4) is 0 Å². The van der Waals surface area contributed by atoms with Gasteiger partial charge in [-0.25, -0.2) is 9.37 Å². The number of aryl methyl sites for hydroxylation is 1. The fourth-order valence-corrected chi connectivity index (χ4v) is 3.61. The van der Waals surface area contributed by atoms with E-state index in [1.165, 1.54) is 23.1 Å². The normalized spacial score (nSPS) is 14.3. The summed E-state index contributed by atoms with van der Waals surface area (Å²) in [5.74, 6) is 0.186. The standard InChI is InChI=1S/C26H35FN6O2/c1-17-25(20-8-9-20)31-23(16-29-17)30-22-14-19(13-21(27)15-22)10-11-28-26(35)18(2)33(5)24(34)7-6-12-32(3)4/h6-7,13-16,18,20H,8-12H2,1-5H3,(H,28,35)(H,30,31)/b7-6+/t18-/m0/s1. The quantitative estimate of drug-likeness (QED) is 0.478. The second-order valence-electron chi connectivity index (χ2n) is 9.30. The molecule has 1 fully saturated rings. The molecule has 0 aliphatic heterocycles. The summed E-state index contributed by atoms with van der Waals surface area (Å²) in [5.41, 5.74) is 3.24. The Balaban J connectivity index is 1.53. The lowest BCUT2D eigenvalue weighted by Crippen LogP contribution is -2.45. The van der Waals surface area contributed by atoms with Crippen LogP contribution in [0.15, 0.2) is 36.5 Å². The van der Waals surface area contributed by atoms with Gasteiger partial charge in [0.05, 0.1) is 17.6 Å². The maximum absolute atomic E-state index is 14.3. The van der Waals surface area contributed by atoms with Crippen molar-refractivity contribution < 1.29 is 14.0 Å². The van der Waals surface area contributed by atoms with Crippen LogP contribution in [0.5, 0.6) is 0 Å².